The molecule has 7 nitrogen and oxygen atoms in total. The minimum Gasteiger partial charge on any atom is -0.327 e. The third-order valence-electron chi connectivity index (χ3n) is 5.62. The number of halogens is 2. The lowest BCUT2D eigenvalue weighted by Crippen LogP contribution is -2.27. The summed E-state index contributed by atoms with van der Waals surface area (Å²) >= 11 is 0. The first-order valence-electron chi connectivity index (χ1n) is 10.2. The van der Waals surface area contributed by atoms with E-state index in [1.165, 1.54) is 10.9 Å². The fourth-order valence-corrected chi connectivity index (χ4v) is 3.94. The van der Waals surface area contributed by atoms with Crippen LogP contribution in [-0.4, -0.2) is 26.8 Å². The second kappa shape index (κ2) is 8.88. The Bertz CT molecular complexity index is 1270. The number of amides is 1. The number of nitrogens with one attached hydrogen (secondary N) is 1. The fourth-order valence-electron chi connectivity index (χ4n) is 3.94. The molecule has 1 amide bonds. The fraction of sp³-hybridized carbons (Fsp3) is 0.261. The van der Waals surface area contributed by atoms with Crippen molar-refractivity contribution in [1.29, 1.82) is 0 Å². The molecule has 0 fully saturated rings. The molecular formula is C23H23F2N5O2. The lowest BCUT2D eigenvalue weighted by molar-refractivity contribution is -0.116. The number of hydrogen-bond acceptors (Lipinski definition) is 4. The van der Waals surface area contributed by atoms with Crippen molar-refractivity contribution in [3.05, 3.63) is 81.6 Å². The SMILES string of the molecule is Cc1cc(-c2ccccc2Cn2cnn(CC(CN)=C(F)F)c2=O)cc2c1NC(=O)CC2. The molecule has 0 aliphatic carbocycles. The topological polar surface area (TPSA) is 94.9 Å². The van der Waals surface area contributed by atoms with Gasteiger partial charge in [0.15, 0.2) is 0 Å². The Morgan fingerprint density at radius 1 is 1.19 bits per heavy atom. The van der Waals surface area contributed by atoms with Crippen molar-refractivity contribution in [2.45, 2.75) is 32.9 Å². The summed E-state index contributed by atoms with van der Waals surface area (Å²) in [5.74, 6) is 0.0189. The highest BCUT2D eigenvalue weighted by atomic mass is 19.3. The Kier molecular flexibility index (Phi) is 6.00. The van der Waals surface area contributed by atoms with Gasteiger partial charge in [0.25, 0.3) is 6.08 Å². The molecule has 0 radical (unpaired) electrons. The molecule has 3 N–H and O–H groups in total. The van der Waals surface area contributed by atoms with Gasteiger partial charge in [-0.05, 0) is 53.3 Å². The number of nitrogens with zero attached hydrogens (tertiary/aromatic N) is 3. The summed E-state index contributed by atoms with van der Waals surface area (Å²) in [6.07, 6.45) is 0.576. The average Bonchev–Trinajstić information content (AvgIpc) is 3.11. The van der Waals surface area contributed by atoms with Crippen LogP contribution in [0.1, 0.15) is 23.1 Å². The largest absolute Gasteiger partial charge is 0.346 e. The summed E-state index contributed by atoms with van der Waals surface area (Å²) in [6.45, 7) is 1.50. The van der Waals surface area contributed by atoms with E-state index in [9.17, 15) is 18.4 Å². The lowest BCUT2D eigenvalue weighted by atomic mass is 9.92. The van der Waals surface area contributed by atoms with Gasteiger partial charge in [0.2, 0.25) is 5.91 Å². The van der Waals surface area contributed by atoms with Gasteiger partial charge < -0.3 is 11.1 Å². The Morgan fingerprint density at radius 2 is 1.97 bits per heavy atom. The number of nitrogens with two attached hydrogens (primary N) is 1. The molecule has 0 saturated heterocycles. The third-order valence-corrected chi connectivity index (χ3v) is 5.62. The maximum Gasteiger partial charge on any atom is 0.346 e. The highest BCUT2D eigenvalue weighted by Gasteiger charge is 2.19. The maximum absolute atomic E-state index is 12.9. The summed E-state index contributed by atoms with van der Waals surface area (Å²) in [7, 11) is 0. The second-order valence-electron chi connectivity index (χ2n) is 7.80. The van der Waals surface area contributed by atoms with Crippen LogP contribution >= 0.6 is 0 Å². The molecular weight excluding hydrogens is 416 g/mol. The first kappa shape index (κ1) is 21.6. The van der Waals surface area contributed by atoms with Crippen molar-refractivity contribution >= 4 is 11.6 Å². The van der Waals surface area contributed by atoms with Crippen LogP contribution in [0.2, 0.25) is 0 Å². The standard InChI is InChI=1S/C23H23F2N5O2/c1-14-8-17(9-15-6-7-20(31)28-21(14)15)19-5-3-2-4-16(19)11-29-13-27-30(23(29)32)12-18(10-26)22(24)25/h2-5,8-9,13H,6-7,10-12,26H2,1H3,(H,28,31). The molecule has 1 aliphatic rings. The van der Waals surface area contributed by atoms with Crippen LogP contribution in [-0.2, 0) is 24.3 Å². The molecule has 3 aromatic rings. The summed E-state index contributed by atoms with van der Waals surface area (Å²) in [4.78, 5) is 24.4. The van der Waals surface area contributed by atoms with Gasteiger partial charge in [-0.15, -0.1) is 0 Å². The van der Waals surface area contributed by atoms with Crippen LogP contribution in [0, 0.1) is 6.92 Å². The number of benzene rings is 2. The lowest BCUT2D eigenvalue weighted by Gasteiger charge is -2.21. The molecule has 166 valence electrons. The Morgan fingerprint density at radius 3 is 2.72 bits per heavy atom. The summed E-state index contributed by atoms with van der Waals surface area (Å²) in [6, 6.07) is 11.8. The molecule has 0 saturated carbocycles. The summed E-state index contributed by atoms with van der Waals surface area (Å²) in [5, 5.41) is 6.91. The third kappa shape index (κ3) is 4.24. The minimum absolute atomic E-state index is 0.0189. The van der Waals surface area contributed by atoms with Crippen molar-refractivity contribution in [1.82, 2.24) is 14.3 Å². The van der Waals surface area contributed by atoms with Crippen LogP contribution < -0.4 is 16.7 Å². The molecule has 0 spiro atoms. The van der Waals surface area contributed by atoms with Crippen molar-refractivity contribution < 1.29 is 13.6 Å². The van der Waals surface area contributed by atoms with Crippen molar-refractivity contribution in [2.24, 2.45) is 5.73 Å². The van der Waals surface area contributed by atoms with Gasteiger partial charge in [-0.1, -0.05) is 24.3 Å². The molecule has 4 rings (SSSR count). The first-order chi connectivity index (χ1) is 15.4. The van der Waals surface area contributed by atoms with E-state index in [2.05, 4.69) is 16.5 Å². The highest BCUT2D eigenvalue weighted by molar-refractivity contribution is 5.95. The molecule has 2 aromatic carbocycles. The average molecular weight is 439 g/mol. The van der Waals surface area contributed by atoms with E-state index in [1.807, 2.05) is 37.3 Å². The molecule has 0 atom stereocenters. The molecule has 9 heteroatoms. The molecule has 0 bridgehead atoms. The normalized spacial score (nSPS) is 12.9. The van der Waals surface area contributed by atoms with Gasteiger partial charge in [-0.2, -0.15) is 13.9 Å². The van der Waals surface area contributed by atoms with E-state index in [4.69, 9.17) is 5.73 Å². The van der Waals surface area contributed by atoms with E-state index in [0.717, 1.165) is 38.2 Å². The van der Waals surface area contributed by atoms with Crippen molar-refractivity contribution in [2.75, 3.05) is 11.9 Å². The highest BCUT2D eigenvalue weighted by Crippen LogP contribution is 2.33. The molecule has 1 aliphatic heterocycles. The van der Waals surface area contributed by atoms with Gasteiger partial charge >= 0.3 is 5.69 Å². The van der Waals surface area contributed by atoms with Crippen LogP contribution in [0.15, 0.2) is 59.2 Å². The van der Waals surface area contributed by atoms with Crippen LogP contribution in [0.3, 0.4) is 0 Å². The maximum atomic E-state index is 12.9. The van der Waals surface area contributed by atoms with E-state index >= 15 is 0 Å². The zero-order valence-corrected chi connectivity index (χ0v) is 17.6. The number of carbonyl (C=O) groups excluding carboxylic acids is 1. The smallest absolute Gasteiger partial charge is 0.327 e. The molecule has 0 unspecified atom stereocenters. The number of aryl methyl sites for hydroxylation is 2. The number of fused-ring (bicyclic) bond motifs is 1. The zero-order valence-electron chi connectivity index (χ0n) is 17.6. The van der Waals surface area contributed by atoms with Gasteiger partial charge in [0, 0.05) is 24.2 Å². The van der Waals surface area contributed by atoms with E-state index < -0.39 is 11.8 Å². The Hall–Kier alpha value is -3.59. The number of hydrogen-bond donors (Lipinski definition) is 2. The summed E-state index contributed by atoms with van der Waals surface area (Å²) < 4.78 is 28.2. The van der Waals surface area contributed by atoms with Crippen LogP contribution in [0.5, 0.6) is 0 Å². The number of anilines is 1. The minimum atomic E-state index is -1.89. The summed E-state index contributed by atoms with van der Waals surface area (Å²) in [5.41, 5.74) is 10.3. The van der Waals surface area contributed by atoms with Gasteiger partial charge in [0.05, 0.1) is 13.1 Å². The van der Waals surface area contributed by atoms with Gasteiger partial charge in [-0.3, -0.25) is 9.36 Å². The first-order valence-corrected chi connectivity index (χ1v) is 10.2. The monoisotopic (exact) mass is 439 g/mol. The van der Waals surface area contributed by atoms with Crippen LogP contribution in [0.4, 0.5) is 14.5 Å². The van der Waals surface area contributed by atoms with E-state index in [1.54, 1.807) is 0 Å². The zero-order chi connectivity index (χ0) is 22.8. The predicted molar refractivity (Wildman–Crippen MR) is 117 cm³/mol. The molecule has 2 heterocycles. The van der Waals surface area contributed by atoms with Gasteiger partial charge in [0.1, 0.15) is 6.33 Å². The predicted octanol–water partition coefficient (Wildman–Crippen LogP) is 3.06. The van der Waals surface area contributed by atoms with Gasteiger partial charge in [-0.25, -0.2) is 9.48 Å². The van der Waals surface area contributed by atoms with E-state index in [0.29, 0.717) is 12.8 Å². The van der Waals surface area contributed by atoms with Crippen molar-refractivity contribution in [3.63, 3.8) is 0 Å². The molecule has 32 heavy (non-hydrogen) atoms. The number of rotatable bonds is 6. The van der Waals surface area contributed by atoms with Crippen molar-refractivity contribution in [3.8, 4) is 11.1 Å². The molecule has 1 aromatic heterocycles. The number of aromatic nitrogens is 3. The quantitative estimate of drug-likeness (QED) is 0.617. The Balaban J connectivity index is 1.67. The van der Waals surface area contributed by atoms with Crippen LogP contribution in [0.25, 0.3) is 11.1 Å². The second-order valence-corrected chi connectivity index (χ2v) is 7.80. The van der Waals surface area contributed by atoms with E-state index in [-0.39, 0.29) is 31.1 Å². The Labute approximate surface area is 183 Å². The number of carbonyl (C=O) groups is 1.